The monoisotopic (exact) mass is 440 g/mol. The molecule has 3 aromatic carbocycles. The number of rotatable bonds is 5. The van der Waals surface area contributed by atoms with E-state index in [1.807, 2.05) is 77.1 Å². The Morgan fingerprint density at radius 3 is 2.09 bits per heavy atom. The molecule has 2 amide bonds. The van der Waals surface area contributed by atoms with Gasteiger partial charge in [-0.25, -0.2) is 4.90 Å². The first-order valence-corrected chi connectivity index (χ1v) is 10.9. The van der Waals surface area contributed by atoms with Gasteiger partial charge in [-0.05, 0) is 86.7 Å². The van der Waals surface area contributed by atoms with Crippen LogP contribution in [0.2, 0.25) is 0 Å². The van der Waals surface area contributed by atoms with Gasteiger partial charge in [-0.3, -0.25) is 9.59 Å². The number of anilines is 2. The fraction of sp³-hybridized carbons (Fsp3) is 0.214. The summed E-state index contributed by atoms with van der Waals surface area (Å²) in [5, 5.41) is 3.26. The van der Waals surface area contributed by atoms with E-state index in [-0.39, 0.29) is 11.6 Å². The minimum Gasteiger partial charge on any atom is -0.495 e. The van der Waals surface area contributed by atoms with Crippen molar-refractivity contribution in [3.63, 3.8) is 0 Å². The van der Waals surface area contributed by atoms with Crippen molar-refractivity contribution in [1.82, 2.24) is 0 Å². The van der Waals surface area contributed by atoms with E-state index < -0.39 is 5.91 Å². The number of methoxy groups -OCH3 is 1. The molecule has 0 spiro atoms. The molecule has 4 rings (SSSR count). The Hall–Kier alpha value is -3.86. The molecule has 1 aliphatic rings. The predicted octanol–water partition coefficient (Wildman–Crippen LogP) is 5.63. The molecule has 1 N–H and O–H groups in total. The van der Waals surface area contributed by atoms with Gasteiger partial charge in [0, 0.05) is 5.69 Å². The number of hydrogen-bond acceptors (Lipinski definition) is 4. The zero-order chi connectivity index (χ0) is 23.9. The lowest BCUT2D eigenvalue weighted by atomic mass is 9.97. The summed E-state index contributed by atoms with van der Waals surface area (Å²) in [4.78, 5) is 28.8. The number of nitrogens with one attached hydrogen (secondary N) is 1. The first kappa shape index (κ1) is 22.3. The number of carbonyl (C=O) groups is 2. The van der Waals surface area contributed by atoms with Gasteiger partial charge < -0.3 is 10.1 Å². The average Bonchev–Trinajstić information content (AvgIpc) is 3.00. The van der Waals surface area contributed by atoms with E-state index in [1.165, 1.54) is 12.0 Å². The maximum absolute atomic E-state index is 13.8. The lowest BCUT2D eigenvalue weighted by Crippen LogP contribution is -2.32. The van der Waals surface area contributed by atoms with Crippen LogP contribution in [0.25, 0.3) is 5.57 Å². The van der Waals surface area contributed by atoms with Crippen molar-refractivity contribution < 1.29 is 14.3 Å². The number of imide groups is 1. The Labute approximate surface area is 194 Å². The Kier molecular flexibility index (Phi) is 5.81. The number of aryl methyl sites for hydroxylation is 5. The van der Waals surface area contributed by atoms with Crippen LogP contribution in [0.1, 0.15) is 33.4 Å². The van der Waals surface area contributed by atoms with Crippen LogP contribution in [-0.2, 0) is 9.59 Å². The molecule has 0 unspecified atom stereocenters. The Balaban J connectivity index is 1.90. The van der Waals surface area contributed by atoms with Gasteiger partial charge in [-0.15, -0.1) is 0 Å². The molecule has 0 aliphatic carbocycles. The Bertz CT molecular complexity index is 1320. The van der Waals surface area contributed by atoms with Crippen molar-refractivity contribution in [3.8, 4) is 5.75 Å². The van der Waals surface area contributed by atoms with Crippen molar-refractivity contribution in [3.05, 3.63) is 93.7 Å². The fourth-order valence-corrected chi connectivity index (χ4v) is 4.15. The van der Waals surface area contributed by atoms with Gasteiger partial charge in [-0.2, -0.15) is 0 Å². The fourth-order valence-electron chi connectivity index (χ4n) is 4.15. The van der Waals surface area contributed by atoms with Crippen LogP contribution >= 0.6 is 0 Å². The third-order valence-corrected chi connectivity index (χ3v) is 6.09. The zero-order valence-electron chi connectivity index (χ0n) is 19.9. The summed E-state index contributed by atoms with van der Waals surface area (Å²) >= 11 is 0. The molecule has 3 aromatic rings. The van der Waals surface area contributed by atoms with Gasteiger partial charge in [0.25, 0.3) is 11.8 Å². The molecule has 0 saturated heterocycles. The van der Waals surface area contributed by atoms with E-state index in [4.69, 9.17) is 4.74 Å². The second-order valence-corrected chi connectivity index (χ2v) is 8.61. The summed E-state index contributed by atoms with van der Waals surface area (Å²) < 4.78 is 5.49. The van der Waals surface area contributed by atoms with Crippen molar-refractivity contribution in [2.45, 2.75) is 34.6 Å². The normalized spacial score (nSPS) is 13.7. The smallest absolute Gasteiger partial charge is 0.282 e. The third kappa shape index (κ3) is 4.02. The molecular formula is C28H28N2O3. The van der Waals surface area contributed by atoms with E-state index in [9.17, 15) is 9.59 Å². The van der Waals surface area contributed by atoms with E-state index in [1.54, 1.807) is 12.1 Å². The topological polar surface area (TPSA) is 58.6 Å². The van der Waals surface area contributed by atoms with E-state index in [0.29, 0.717) is 17.0 Å². The molecule has 1 heterocycles. The minimum atomic E-state index is -0.405. The number of carbonyl (C=O) groups excluding carboxylic acids is 2. The molecule has 5 heteroatoms. The second kappa shape index (κ2) is 8.58. The van der Waals surface area contributed by atoms with E-state index in [2.05, 4.69) is 5.32 Å². The van der Waals surface area contributed by atoms with Crippen LogP contribution in [0.15, 0.2) is 60.3 Å². The highest BCUT2D eigenvalue weighted by molar-refractivity contribution is 6.46. The Morgan fingerprint density at radius 2 is 1.42 bits per heavy atom. The highest BCUT2D eigenvalue weighted by Crippen LogP contribution is 2.39. The number of amides is 2. The van der Waals surface area contributed by atoms with Crippen molar-refractivity contribution in [2.24, 2.45) is 0 Å². The standard InChI is InChI=1S/C28H28N2O3/c1-16-7-11-22(20(5)13-16)25-26(29-21-10-9-18(3)19(4)15-21)28(32)30(27(25)31)23-14-17(2)8-12-24(23)33-6/h7-15,29H,1-6H3. The first-order valence-electron chi connectivity index (χ1n) is 10.9. The largest absolute Gasteiger partial charge is 0.495 e. The van der Waals surface area contributed by atoms with Crippen molar-refractivity contribution in [1.29, 1.82) is 0 Å². The zero-order valence-corrected chi connectivity index (χ0v) is 19.9. The highest BCUT2D eigenvalue weighted by atomic mass is 16.5. The molecule has 0 bridgehead atoms. The average molecular weight is 441 g/mol. The number of ether oxygens (including phenoxy) is 1. The molecule has 0 radical (unpaired) electrons. The van der Waals surface area contributed by atoms with Crippen LogP contribution in [0.5, 0.6) is 5.75 Å². The van der Waals surface area contributed by atoms with Crippen LogP contribution in [-0.4, -0.2) is 18.9 Å². The maximum Gasteiger partial charge on any atom is 0.282 e. The van der Waals surface area contributed by atoms with Crippen LogP contribution in [0, 0.1) is 34.6 Å². The minimum absolute atomic E-state index is 0.263. The van der Waals surface area contributed by atoms with Gasteiger partial charge >= 0.3 is 0 Å². The molecule has 0 fully saturated rings. The third-order valence-electron chi connectivity index (χ3n) is 6.09. The Morgan fingerprint density at radius 1 is 0.727 bits per heavy atom. The summed E-state index contributed by atoms with van der Waals surface area (Å²) in [6, 6.07) is 17.2. The SMILES string of the molecule is COc1ccc(C)cc1N1C(=O)C(Nc2ccc(C)c(C)c2)=C(c2ccc(C)cc2C)C1=O. The van der Waals surface area contributed by atoms with Crippen LogP contribution < -0.4 is 15.0 Å². The predicted molar refractivity (Wildman–Crippen MR) is 133 cm³/mol. The van der Waals surface area contributed by atoms with E-state index >= 15 is 0 Å². The van der Waals surface area contributed by atoms with E-state index in [0.717, 1.165) is 39.1 Å². The molecular weight excluding hydrogens is 412 g/mol. The molecule has 5 nitrogen and oxygen atoms in total. The van der Waals surface area contributed by atoms with Crippen molar-refractivity contribution in [2.75, 3.05) is 17.3 Å². The molecule has 33 heavy (non-hydrogen) atoms. The molecule has 168 valence electrons. The quantitative estimate of drug-likeness (QED) is 0.522. The second-order valence-electron chi connectivity index (χ2n) is 8.61. The van der Waals surface area contributed by atoms with Crippen LogP contribution in [0.4, 0.5) is 11.4 Å². The summed E-state index contributed by atoms with van der Waals surface area (Å²) in [5.41, 5.74) is 7.76. The lowest BCUT2D eigenvalue weighted by molar-refractivity contribution is -0.120. The van der Waals surface area contributed by atoms with Crippen LogP contribution in [0.3, 0.4) is 0 Å². The lowest BCUT2D eigenvalue weighted by Gasteiger charge is -2.19. The van der Waals surface area contributed by atoms with Gasteiger partial charge in [0.15, 0.2) is 0 Å². The molecule has 0 saturated carbocycles. The van der Waals surface area contributed by atoms with Gasteiger partial charge in [0.05, 0.1) is 18.4 Å². The van der Waals surface area contributed by atoms with Gasteiger partial charge in [-0.1, -0.05) is 35.9 Å². The highest BCUT2D eigenvalue weighted by Gasteiger charge is 2.42. The summed E-state index contributed by atoms with van der Waals surface area (Å²) in [7, 11) is 1.53. The maximum atomic E-state index is 13.8. The van der Waals surface area contributed by atoms with Gasteiger partial charge in [0.2, 0.25) is 0 Å². The number of nitrogens with zero attached hydrogens (tertiary/aromatic N) is 1. The first-order chi connectivity index (χ1) is 15.7. The number of hydrogen-bond donors (Lipinski definition) is 1. The van der Waals surface area contributed by atoms with Crippen molar-refractivity contribution >= 4 is 28.8 Å². The molecule has 0 aromatic heterocycles. The number of benzene rings is 3. The summed E-state index contributed by atoms with van der Waals surface area (Å²) in [6.07, 6.45) is 0. The molecule has 0 atom stereocenters. The van der Waals surface area contributed by atoms with Gasteiger partial charge in [0.1, 0.15) is 11.4 Å². The molecule has 1 aliphatic heterocycles. The summed E-state index contributed by atoms with van der Waals surface area (Å²) in [6.45, 7) is 9.93. The summed E-state index contributed by atoms with van der Waals surface area (Å²) in [5.74, 6) is -0.311.